The zero-order valence-electron chi connectivity index (χ0n) is 12.3. The molecule has 3 N–H and O–H groups in total. The molecule has 0 spiro atoms. The first-order chi connectivity index (χ1) is 9.61. The lowest BCUT2D eigenvalue weighted by Gasteiger charge is -2.18. The molecule has 0 saturated heterocycles. The number of aromatic nitrogens is 2. The van der Waals surface area contributed by atoms with Crippen LogP contribution in [0.15, 0.2) is 24.5 Å². The average molecular weight is 290 g/mol. The molecule has 0 aliphatic rings. The maximum Gasteiger partial charge on any atom is 0.147 e. The monoisotopic (exact) mass is 290 g/mol. The summed E-state index contributed by atoms with van der Waals surface area (Å²) in [5, 5.41) is 4.60. The lowest BCUT2D eigenvalue weighted by Crippen LogP contribution is -2.18. The standard InChI is InChI=1S/C15H22N4S/c1-4-10(2)9-11(3)18-15-13(14(16)19-20-15)12-5-7-17-8-6-12/h5-8,10-11,18H,4,9H2,1-3H3,(H2,16,19). The molecular formula is C15H22N4S. The Bertz CT molecular complexity index is 538. The van der Waals surface area contributed by atoms with Crippen molar-refractivity contribution in [3.05, 3.63) is 24.5 Å². The quantitative estimate of drug-likeness (QED) is 0.843. The molecule has 2 heterocycles. The summed E-state index contributed by atoms with van der Waals surface area (Å²) < 4.78 is 4.28. The number of hydrogen-bond donors (Lipinski definition) is 2. The van der Waals surface area contributed by atoms with Crippen LogP contribution in [0.1, 0.15) is 33.6 Å². The molecule has 0 aliphatic carbocycles. The van der Waals surface area contributed by atoms with Gasteiger partial charge in [-0.3, -0.25) is 4.98 Å². The number of rotatable bonds is 6. The van der Waals surface area contributed by atoms with Gasteiger partial charge in [-0.1, -0.05) is 20.3 Å². The van der Waals surface area contributed by atoms with Gasteiger partial charge in [-0.15, -0.1) is 0 Å². The smallest absolute Gasteiger partial charge is 0.147 e. The number of nitrogens with one attached hydrogen (secondary N) is 1. The van der Waals surface area contributed by atoms with E-state index in [4.69, 9.17) is 5.73 Å². The number of pyridine rings is 1. The van der Waals surface area contributed by atoms with Crippen LogP contribution >= 0.6 is 11.5 Å². The molecule has 2 aromatic heterocycles. The second-order valence-electron chi connectivity index (χ2n) is 5.30. The summed E-state index contributed by atoms with van der Waals surface area (Å²) in [7, 11) is 0. The molecule has 108 valence electrons. The molecule has 20 heavy (non-hydrogen) atoms. The Kier molecular flexibility index (Phi) is 4.95. The molecule has 0 aliphatic heterocycles. The van der Waals surface area contributed by atoms with Gasteiger partial charge in [0, 0.05) is 18.4 Å². The van der Waals surface area contributed by atoms with Gasteiger partial charge in [0.2, 0.25) is 0 Å². The number of nitrogens with two attached hydrogens (primary N) is 1. The first-order valence-corrected chi connectivity index (χ1v) is 7.81. The van der Waals surface area contributed by atoms with Gasteiger partial charge in [0.1, 0.15) is 10.8 Å². The number of hydrogen-bond acceptors (Lipinski definition) is 5. The minimum absolute atomic E-state index is 0.408. The van der Waals surface area contributed by atoms with Crippen LogP contribution in [-0.4, -0.2) is 15.4 Å². The maximum atomic E-state index is 6.02. The van der Waals surface area contributed by atoms with Gasteiger partial charge in [-0.25, -0.2) is 0 Å². The number of nitrogen functional groups attached to an aromatic ring is 1. The van der Waals surface area contributed by atoms with E-state index < -0.39 is 0 Å². The van der Waals surface area contributed by atoms with Gasteiger partial charge in [0.05, 0.1) is 5.56 Å². The largest absolute Gasteiger partial charge is 0.382 e. The van der Waals surface area contributed by atoms with Gasteiger partial charge >= 0.3 is 0 Å². The highest BCUT2D eigenvalue weighted by Crippen LogP contribution is 2.37. The summed E-state index contributed by atoms with van der Waals surface area (Å²) in [6.07, 6.45) is 5.90. The van der Waals surface area contributed by atoms with E-state index in [2.05, 4.69) is 35.4 Å². The Hall–Kier alpha value is -1.62. The SMILES string of the molecule is CCC(C)CC(C)Nc1snc(N)c1-c1ccncc1. The topological polar surface area (TPSA) is 63.8 Å². The zero-order chi connectivity index (χ0) is 14.5. The summed E-state index contributed by atoms with van der Waals surface area (Å²) in [6, 6.07) is 4.33. The van der Waals surface area contributed by atoms with Crippen LogP contribution in [0.25, 0.3) is 11.1 Å². The second kappa shape index (κ2) is 6.70. The van der Waals surface area contributed by atoms with Crippen LogP contribution in [0.4, 0.5) is 10.8 Å². The molecule has 5 heteroatoms. The number of anilines is 2. The molecule has 0 radical (unpaired) electrons. The third-order valence-electron chi connectivity index (χ3n) is 3.52. The van der Waals surface area contributed by atoms with E-state index in [-0.39, 0.29) is 0 Å². The third kappa shape index (κ3) is 3.48. The van der Waals surface area contributed by atoms with E-state index in [1.807, 2.05) is 12.1 Å². The van der Waals surface area contributed by atoms with E-state index in [9.17, 15) is 0 Å². The van der Waals surface area contributed by atoms with Crippen molar-refractivity contribution in [2.75, 3.05) is 11.1 Å². The Balaban J connectivity index is 2.18. The van der Waals surface area contributed by atoms with Crippen molar-refractivity contribution in [1.82, 2.24) is 9.36 Å². The molecule has 2 aromatic rings. The van der Waals surface area contributed by atoms with Crippen molar-refractivity contribution in [2.45, 2.75) is 39.7 Å². The predicted octanol–water partition coefficient (Wildman–Crippen LogP) is 4.02. The predicted molar refractivity (Wildman–Crippen MR) is 86.9 cm³/mol. The molecule has 2 atom stereocenters. The van der Waals surface area contributed by atoms with Crippen molar-refractivity contribution in [2.24, 2.45) is 5.92 Å². The summed E-state index contributed by atoms with van der Waals surface area (Å²) in [5.74, 6) is 1.30. The fraction of sp³-hybridized carbons (Fsp3) is 0.467. The van der Waals surface area contributed by atoms with Crippen LogP contribution in [0.2, 0.25) is 0 Å². The fourth-order valence-electron chi connectivity index (χ4n) is 2.25. The Morgan fingerprint density at radius 3 is 2.65 bits per heavy atom. The van der Waals surface area contributed by atoms with Crippen molar-refractivity contribution in [3.8, 4) is 11.1 Å². The molecular weight excluding hydrogens is 268 g/mol. The van der Waals surface area contributed by atoms with Crippen LogP contribution in [-0.2, 0) is 0 Å². The highest BCUT2D eigenvalue weighted by Gasteiger charge is 2.16. The third-order valence-corrected chi connectivity index (χ3v) is 4.31. The lowest BCUT2D eigenvalue weighted by molar-refractivity contribution is 0.484. The van der Waals surface area contributed by atoms with Gasteiger partial charge in [0.25, 0.3) is 0 Å². The normalized spacial score (nSPS) is 13.9. The minimum Gasteiger partial charge on any atom is -0.382 e. The van der Waals surface area contributed by atoms with Gasteiger partial charge in [-0.05, 0) is 48.5 Å². The average Bonchev–Trinajstić information content (AvgIpc) is 2.80. The summed E-state index contributed by atoms with van der Waals surface area (Å²) in [6.45, 7) is 6.71. The summed E-state index contributed by atoms with van der Waals surface area (Å²) >= 11 is 1.43. The second-order valence-corrected chi connectivity index (χ2v) is 6.08. The molecule has 0 amide bonds. The molecule has 2 rings (SSSR count). The molecule has 4 nitrogen and oxygen atoms in total. The Labute approximate surface area is 124 Å². The minimum atomic E-state index is 0.408. The maximum absolute atomic E-state index is 6.02. The van der Waals surface area contributed by atoms with Crippen molar-refractivity contribution >= 4 is 22.4 Å². The molecule has 2 unspecified atom stereocenters. The summed E-state index contributed by atoms with van der Waals surface area (Å²) in [5.41, 5.74) is 8.07. The van der Waals surface area contributed by atoms with E-state index in [1.165, 1.54) is 18.0 Å². The highest BCUT2D eigenvalue weighted by atomic mass is 32.1. The Morgan fingerprint density at radius 1 is 1.30 bits per heavy atom. The first kappa shape index (κ1) is 14.8. The van der Waals surface area contributed by atoms with Crippen molar-refractivity contribution < 1.29 is 0 Å². The van der Waals surface area contributed by atoms with E-state index in [0.29, 0.717) is 17.8 Å². The zero-order valence-corrected chi connectivity index (χ0v) is 13.1. The number of nitrogens with zero attached hydrogens (tertiary/aromatic N) is 2. The molecule has 0 aromatic carbocycles. The van der Waals surface area contributed by atoms with E-state index in [0.717, 1.165) is 22.5 Å². The van der Waals surface area contributed by atoms with Crippen LogP contribution in [0.3, 0.4) is 0 Å². The summed E-state index contributed by atoms with van der Waals surface area (Å²) in [4.78, 5) is 4.05. The van der Waals surface area contributed by atoms with E-state index in [1.54, 1.807) is 12.4 Å². The highest BCUT2D eigenvalue weighted by molar-refractivity contribution is 7.11. The first-order valence-electron chi connectivity index (χ1n) is 7.03. The van der Waals surface area contributed by atoms with Gasteiger partial charge < -0.3 is 11.1 Å². The van der Waals surface area contributed by atoms with Crippen LogP contribution in [0.5, 0.6) is 0 Å². The van der Waals surface area contributed by atoms with Crippen LogP contribution in [0, 0.1) is 5.92 Å². The van der Waals surface area contributed by atoms with E-state index >= 15 is 0 Å². The fourth-order valence-corrected chi connectivity index (χ4v) is 3.10. The molecule has 0 fully saturated rings. The van der Waals surface area contributed by atoms with Gasteiger partial charge in [0.15, 0.2) is 0 Å². The van der Waals surface area contributed by atoms with Crippen LogP contribution < -0.4 is 11.1 Å². The van der Waals surface area contributed by atoms with Crippen molar-refractivity contribution in [3.63, 3.8) is 0 Å². The van der Waals surface area contributed by atoms with Crippen molar-refractivity contribution in [1.29, 1.82) is 0 Å². The Morgan fingerprint density at radius 2 is 2.00 bits per heavy atom. The molecule has 0 saturated carbocycles. The molecule has 0 bridgehead atoms. The lowest BCUT2D eigenvalue weighted by atomic mass is 10.0. The van der Waals surface area contributed by atoms with Gasteiger partial charge in [-0.2, -0.15) is 4.37 Å².